The molecule has 0 aliphatic rings. The number of aryl methyl sites for hydroxylation is 1. The summed E-state index contributed by atoms with van der Waals surface area (Å²) >= 11 is 0. The van der Waals surface area contributed by atoms with Gasteiger partial charge in [-0.05, 0) is 53.9 Å². The summed E-state index contributed by atoms with van der Waals surface area (Å²) in [4.78, 5) is 13.8. The Balaban J connectivity index is 1.55. The van der Waals surface area contributed by atoms with Gasteiger partial charge >= 0.3 is 0 Å². The summed E-state index contributed by atoms with van der Waals surface area (Å²) in [5.41, 5.74) is 5.54. The predicted octanol–water partition coefficient (Wildman–Crippen LogP) is 4.66. The Labute approximate surface area is 183 Å². The molecule has 0 atom stereocenters. The summed E-state index contributed by atoms with van der Waals surface area (Å²) in [5, 5.41) is 18.2. The zero-order valence-electron chi connectivity index (χ0n) is 17.7. The standard InChI is InChI=1S/C25H20N6O/c1-15-16(2)30(13-17-6-5-9-26-12-17)24-22(15)25-28-23(29-31(25)14-27-24)20-10-18-7-3-4-8-19(18)11-21(20)32/h3-12,14,32H,13H2,1-2H3. The maximum atomic E-state index is 10.7. The molecular formula is C25H20N6O. The Kier molecular flexibility index (Phi) is 3.98. The van der Waals surface area contributed by atoms with E-state index in [-0.39, 0.29) is 5.75 Å². The molecular weight excluding hydrogens is 400 g/mol. The Morgan fingerprint density at radius 3 is 2.56 bits per heavy atom. The van der Waals surface area contributed by atoms with Crippen LogP contribution >= 0.6 is 0 Å². The number of pyridine rings is 1. The first-order valence-electron chi connectivity index (χ1n) is 10.4. The van der Waals surface area contributed by atoms with Gasteiger partial charge in [0.2, 0.25) is 0 Å². The first-order valence-corrected chi connectivity index (χ1v) is 10.4. The van der Waals surface area contributed by atoms with Crippen LogP contribution in [0.3, 0.4) is 0 Å². The van der Waals surface area contributed by atoms with Crippen molar-refractivity contribution in [1.82, 2.24) is 29.1 Å². The van der Waals surface area contributed by atoms with Gasteiger partial charge in [-0.25, -0.2) is 14.5 Å². The molecule has 7 nitrogen and oxygen atoms in total. The van der Waals surface area contributed by atoms with Crippen LogP contribution in [0, 0.1) is 13.8 Å². The van der Waals surface area contributed by atoms with Crippen LogP contribution in [0.2, 0.25) is 0 Å². The molecule has 0 radical (unpaired) electrons. The lowest BCUT2D eigenvalue weighted by Gasteiger charge is -2.07. The van der Waals surface area contributed by atoms with Crippen molar-refractivity contribution in [2.45, 2.75) is 20.4 Å². The summed E-state index contributed by atoms with van der Waals surface area (Å²) in [5.74, 6) is 0.630. The number of aromatic nitrogens is 6. The third-order valence-electron chi connectivity index (χ3n) is 6.11. The highest BCUT2D eigenvalue weighted by atomic mass is 16.3. The number of fused-ring (bicyclic) bond motifs is 4. The normalized spacial score (nSPS) is 11.7. The molecule has 1 N–H and O–H groups in total. The van der Waals surface area contributed by atoms with Crippen LogP contribution in [-0.4, -0.2) is 34.2 Å². The van der Waals surface area contributed by atoms with E-state index < -0.39 is 0 Å². The second-order valence-electron chi connectivity index (χ2n) is 8.02. The molecule has 0 saturated carbocycles. The van der Waals surface area contributed by atoms with E-state index in [0.717, 1.165) is 44.3 Å². The smallest absolute Gasteiger partial charge is 0.185 e. The molecule has 0 unspecified atom stereocenters. The van der Waals surface area contributed by atoms with Gasteiger partial charge in [0.25, 0.3) is 0 Å². The van der Waals surface area contributed by atoms with E-state index in [1.165, 1.54) is 0 Å². The van der Waals surface area contributed by atoms with Gasteiger partial charge in [-0.1, -0.05) is 30.3 Å². The minimum atomic E-state index is 0.158. The number of nitrogens with zero attached hydrogens (tertiary/aromatic N) is 6. The third kappa shape index (κ3) is 2.75. The number of aromatic hydroxyl groups is 1. The highest BCUT2D eigenvalue weighted by Crippen LogP contribution is 2.33. The molecule has 156 valence electrons. The molecule has 4 aromatic heterocycles. The van der Waals surface area contributed by atoms with E-state index in [1.54, 1.807) is 23.1 Å². The quantitative estimate of drug-likeness (QED) is 0.450. The molecule has 0 bridgehead atoms. The van der Waals surface area contributed by atoms with Crippen molar-refractivity contribution in [1.29, 1.82) is 0 Å². The monoisotopic (exact) mass is 420 g/mol. The number of hydrogen-bond acceptors (Lipinski definition) is 5. The van der Waals surface area contributed by atoms with Crippen molar-refractivity contribution in [2.75, 3.05) is 0 Å². The average molecular weight is 420 g/mol. The maximum absolute atomic E-state index is 10.7. The Morgan fingerprint density at radius 2 is 1.78 bits per heavy atom. The molecule has 6 aromatic rings. The topological polar surface area (TPSA) is 81.1 Å². The van der Waals surface area contributed by atoms with E-state index in [0.29, 0.717) is 17.9 Å². The lowest BCUT2D eigenvalue weighted by molar-refractivity contribution is 0.477. The Hall–Kier alpha value is -4.26. The zero-order valence-corrected chi connectivity index (χ0v) is 17.7. The molecule has 0 amide bonds. The van der Waals surface area contributed by atoms with Crippen LogP contribution in [0.25, 0.3) is 38.8 Å². The first kappa shape index (κ1) is 18.5. The summed E-state index contributed by atoms with van der Waals surface area (Å²) in [6.07, 6.45) is 5.33. The van der Waals surface area contributed by atoms with E-state index >= 15 is 0 Å². The summed E-state index contributed by atoms with van der Waals surface area (Å²) in [6.45, 7) is 4.86. The molecule has 0 aliphatic heterocycles. The number of rotatable bonds is 3. The second kappa shape index (κ2) is 6.88. The predicted molar refractivity (Wildman–Crippen MR) is 124 cm³/mol. The molecule has 2 aromatic carbocycles. The lowest BCUT2D eigenvalue weighted by Crippen LogP contribution is -2.03. The number of phenolic OH excluding ortho intramolecular Hbond substituents is 1. The highest BCUT2D eigenvalue weighted by molar-refractivity contribution is 5.95. The lowest BCUT2D eigenvalue weighted by atomic mass is 10.1. The molecule has 0 fully saturated rings. The van der Waals surface area contributed by atoms with Crippen molar-refractivity contribution in [3.05, 3.63) is 84.1 Å². The van der Waals surface area contributed by atoms with Crippen LogP contribution < -0.4 is 0 Å². The van der Waals surface area contributed by atoms with E-state index in [2.05, 4.69) is 34.6 Å². The van der Waals surface area contributed by atoms with Gasteiger partial charge in [0.1, 0.15) is 17.7 Å². The molecule has 4 heterocycles. The van der Waals surface area contributed by atoms with E-state index in [4.69, 9.17) is 9.97 Å². The largest absolute Gasteiger partial charge is 0.507 e. The fraction of sp³-hybridized carbons (Fsp3) is 0.120. The zero-order chi connectivity index (χ0) is 21.8. The molecule has 0 saturated heterocycles. The van der Waals surface area contributed by atoms with Gasteiger partial charge in [0, 0.05) is 18.1 Å². The van der Waals surface area contributed by atoms with Gasteiger partial charge < -0.3 is 9.67 Å². The van der Waals surface area contributed by atoms with Crippen LogP contribution in [0.1, 0.15) is 16.8 Å². The number of phenols is 1. The maximum Gasteiger partial charge on any atom is 0.185 e. The van der Waals surface area contributed by atoms with Gasteiger partial charge in [-0.2, -0.15) is 0 Å². The van der Waals surface area contributed by atoms with Crippen molar-refractivity contribution in [2.24, 2.45) is 0 Å². The number of hydrogen-bond donors (Lipinski definition) is 1. The summed E-state index contributed by atoms with van der Waals surface area (Å²) in [6, 6.07) is 15.6. The van der Waals surface area contributed by atoms with Gasteiger partial charge in [-0.3, -0.25) is 4.98 Å². The minimum absolute atomic E-state index is 0.158. The van der Waals surface area contributed by atoms with Gasteiger partial charge in [0.15, 0.2) is 11.5 Å². The highest BCUT2D eigenvalue weighted by Gasteiger charge is 2.20. The fourth-order valence-electron chi connectivity index (χ4n) is 4.32. The Morgan fingerprint density at radius 1 is 0.969 bits per heavy atom. The van der Waals surface area contributed by atoms with Crippen LogP contribution in [0.5, 0.6) is 5.75 Å². The van der Waals surface area contributed by atoms with E-state index in [1.807, 2.05) is 42.6 Å². The summed E-state index contributed by atoms with van der Waals surface area (Å²) < 4.78 is 3.87. The number of benzene rings is 2. The van der Waals surface area contributed by atoms with E-state index in [9.17, 15) is 5.11 Å². The second-order valence-corrected chi connectivity index (χ2v) is 8.02. The van der Waals surface area contributed by atoms with Crippen molar-refractivity contribution >= 4 is 27.5 Å². The van der Waals surface area contributed by atoms with Gasteiger partial charge in [0.05, 0.1) is 17.5 Å². The molecule has 0 aliphatic carbocycles. The first-order chi connectivity index (χ1) is 15.6. The van der Waals surface area contributed by atoms with Crippen molar-refractivity contribution in [3.63, 3.8) is 0 Å². The fourth-order valence-corrected chi connectivity index (χ4v) is 4.32. The Bertz CT molecular complexity index is 1630. The summed E-state index contributed by atoms with van der Waals surface area (Å²) in [7, 11) is 0. The van der Waals surface area contributed by atoms with Crippen LogP contribution in [0.15, 0.2) is 67.3 Å². The molecule has 6 rings (SSSR count). The molecule has 0 spiro atoms. The minimum Gasteiger partial charge on any atom is -0.507 e. The van der Waals surface area contributed by atoms with Crippen molar-refractivity contribution < 1.29 is 5.11 Å². The average Bonchev–Trinajstić information content (AvgIpc) is 3.34. The SMILES string of the molecule is Cc1c(C)n(Cc2cccnc2)c2ncn3nc(-c4cc5ccccc5cc4O)nc3c12. The van der Waals surface area contributed by atoms with Gasteiger partial charge in [-0.15, -0.1) is 5.10 Å². The molecule has 32 heavy (non-hydrogen) atoms. The third-order valence-corrected chi connectivity index (χ3v) is 6.11. The van der Waals surface area contributed by atoms with Crippen molar-refractivity contribution in [3.8, 4) is 17.1 Å². The molecule has 7 heteroatoms. The van der Waals surface area contributed by atoms with Crippen LogP contribution in [-0.2, 0) is 6.54 Å². The van der Waals surface area contributed by atoms with Crippen LogP contribution in [0.4, 0.5) is 0 Å².